The van der Waals surface area contributed by atoms with Gasteiger partial charge in [0.05, 0.1) is 24.4 Å². The zero-order valence-electron chi connectivity index (χ0n) is 14.4. The molecule has 0 amide bonds. The molecule has 148 valence electrons. The Hall–Kier alpha value is -2.50. The smallest absolute Gasteiger partial charge is 0.416 e. The number of nitrogens with zero attached hydrogens (tertiary/aromatic N) is 1. The predicted octanol–water partition coefficient (Wildman–Crippen LogP) is 3.82. The van der Waals surface area contributed by atoms with Crippen LogP contribution >= 0.6 is 11.3 Å². The number of anilines is 1. The van der Waals surface area contributed by atoms with Gasteiger partial charge in [-0.2, -0.15) is 17.5 Å². The Morgan fingerprint density at radius 3 is 2.64 bits per heavy atom. The Labute approximate surface area is 163 Å². The van der Waals surface area contributed by atoms with E-state index in [4.69, 9.17) is 4.42 Å². The molecule has 2 aromatic heterocycles. The molecular weight excluding hydrogens is 419 g/mol. The molecule has 0 fully saturated rings. The van der Waals surface area contributed by atoms with Crippen molar-refractivity contribution in [1.29, 1.82) is 0 Å². The molecule has 28 heavy (non-hydrogen) atoms. The minimum atomic E-state index is -4.55. The van der Waals surface area contributed by atoms with E-state index in [1.54, 1.807) is 0 Å². The Morgan fingerprint density at radius 2 is 2.00 bits per heavy atom. The fourth-order valence-electron chi connectivity index (χ4n) is 2.33. The van der Waals surface area contributed by atoms with Gasteiger partial charge < -0.3 is 13.7 Å². The summed E-state index contributed by atoms with van der Waals surface area (Å²) in [6.45, 7) is 0. The van der Waals surface area contributed by atoms with Crippen molar-refractivity contribution in [3.05, 3.63) is 57.9 Å². The Kier molecular flexibility index (Phi) is 5.41. The summed E-state index contributed by atoms with van der Waals surface area (Å²) in [4.78, 5) is 23.4. The van der Waals surface area contributed by atoms with Crippen molar-refractivity contribution < 1.29 is 31.7 Å². The SMILES string of the molecule is COC(=O)c1cc2sc(N(C)[S+]([O-])c3cccc(C(F)(F)F)c3)cc2oc1=O. The Morgan fingerprint density at radius 1 is 1.29 bits per heavy atom. The number of hydrogen-bond acceptors (Lipinski definition) is 7. The highest BCUT2D eigenvalue weighted by Gasteiger charge is 2.32. The number of esters is 1. The van der Waals surface area contributed by atoms with Gasteiger partial charge in [0.1, 0.15) is 21.9 Å². The number of benzene rings is 1. The van der Waals surface area contributed by atoms with Gasteiger partial charge in [-0.3, -0.25) is 0 Å². The molecule has 1 aromatic carbocycles. The van der Waals surface area contributed by atoms with Gasteiger partial charge in [-0.05, 0) is 18.2 Å². The van der Waals surface area contributed by atoms with Gasteiger partial charge in [0.25, 0.3) is 0 Å². The molecule has 0 bridgehead atoms. The summed E-state index contributed by atoms with van der Waals surface area (Å²) in [5.74, 6) is -0.855. The molecule has 6 nitrogen and oxygen atoms in total. The number of thiophene rings is 1. The summed E-state index contributed by atoms with van der Waals surface area (Å²) < 4.78 is 62.6. The van der Waals surface area contributed by atoms with Crippen LogP contribution in [0.5, 0.6) is 0 Å². The fourth-order valence-corrected chi connectivity index (χ4v) is 4.50. The van der Waals surface area contributed by atoms with Crippen molar-refractivity contribution in [2.75, 3.05) is 18.5 Å². The van der Waals surface area contributed by atoms with Gasteiger partial charge >= 0.3 is 17.8 Å². The third kappa shape index (κ3) is 3.86. The molecule has 0 spiro atoms. The summed E-state index contributed by atoms with van der Waals surface area (Å²) in [5, 5.41) is 0.371. The molecule has 0 aliphatic heterocycles. The number of carbonyl (C=O) groups is 1. The highest BCUT2D eigenvalue weighted by molar-refractivity contribution is 7.93. The monoisotopic (exact) mass is 431 g/mol. The minimum Gasteiger partial charge on any atom is -0.588 e. The Balaban J connectivity index is 1.96. The van der Waals surface area contributed by atoms with E-state index >= 15 is 0 Å². The zero-order valence-corrected chi connectivity index (χ0v) is 16.0. The lowest BCUT2D eigenvalue weighted by Crippen LogP contribution is -2.26. The maximum atomic E-state index is 12.9. The maximum Gasteiger partial charge on any atom is 0.416 e. The molecule has 3 rings (SSSR count). The van der Waals surface area contributed by atoms with Crippen LogP contribution in [0.1, 0.15) is 15.9 Å². The van der Waals surface area contributed by atoms with Gasteiger partial charge in [0, 0.05) is 12.1 Å². The van der Waals surface area contributed by atoms with E-state index < -0.39 is 34.7 Å². The van der Waals surface area contributed by atoms with Crippen LogP contribution in [-0.4, -0.2) is 24.7 Å². The predicted molar refractivity (Wildman–Crippen MR) is 98.0 cm³/mol. The molecule has 0 saturated carbocycles. The number of carbonyl (C=O) groups excluding carboxylic acids is 1. The third-order valence-electron chi connectivity index (χ3n) is 3.74. The normalized spacial score (nSPS) is 12.8. The minimum absolute atomic E-state index is 0.0357. The lowest BCUT2D eigenvalue weighted by Gasteiger charge is -2.20. The van der Waals surface area contributed by atoms with Crippen molar-refractivity contribution >= 4 is 44.0 Å². The summed E-state index contributed by atoms with van der Waals surface area (Å²) in [6, 6.07) is 6.93. The number of fused-ring (bicyclic) bond motifs is 1. The molecule has 1 atom stereocenters. The highest BCUT2D eigenvalue weighted by Crippen LogP contribution is 2.36. The number of methoxy groups -OCH3 is 1. The molecule has 0 aliphatic rings. The van der Waals surface area contributed by atoms with E-state index in [1.165, 1.54) is 35.6 Å². The molecule has 2 heterocycles. The molecule has 3 aromatic rings. The van der Waals surface area contributed by atoms with E-state index in [-0.39, 0.29) is 16.0 Å². The van der Waals surface area contributed by atoms with Gasteiger partial charge in [0.15, 0.2) is 10.5 Å². The summed E-state index contributed by atoms with van der Waals surface area (Å²) in [7, 11) is 2.55. The van der Waals surface area contributed by atoms with Gasteiger partial charge in [-0.15, -0.1) is 11.3 Å². The van der Waals surface area contributed by atoms with Gasteiger partial charge in [-0.1, -0.05) is 6.07 Å². The molecule has 0 saturated heterocycles. The van der Waals surface area contributed by atoms with Crippen LogP contribution in [0.3, 0.4) is 0 Å². The number of ether oxygens (including phenoxy) is 1. The van der Waals surface area contributed by atoms with Crippen molar-refractivity contribution in [1.82, 2.24) is 0 Å². The fraction of sp³-hybridized carbons (Fsp3) is 0.176. The van der Waals surface area contributed by atoms with Gasteiger partial charge in [0.2, 0.25) is 0 Å². The van der Waals surface area contributed by atoms with E-state index in [9.17, 15) is 27.3 Å². The average molecular weight is 431 g/mol. The quantitative estimate of drug-likeness (QED) is 0.461. The second kappa shape index (κ2) is 7.49. The summed E-state index contributed by atoms with van der Waals surface area (Å²) >= 11 is -0.881. The molecule has 0 N–H and O–H groups in total. The average Bonchev–Trinajstić information content (AvgIpc) is 3.07. The molecule has 1 unspecified atom stereocenters. The first-order valence-corrected chi connectivity index (χ1v) is 9.53. The van der Waals surface area contributed by atoms with E-state index in [0.717, 1.165) is 30.6 Å². The molecule has 0 aliphatic carbocycles. The lowest BCUT2D eigenvalue weighted by atomic mass is 10.2. The van der Waals surface area contributed by atoms with Crippen molar-refractivity contribution in [3.8, 4) is 0 Å². The van der Waals surface area contributed by atoms with Crippen LogP contribution in [0.2, 0.25) is 0 Å². The van der Waals surface area contributed by atoms with Crippen molar-refractivity contribution in [2.45, 2.75) is 11.1 Å². The molecule has 11 heteroatoms. The highest BCUT2D eigenvalue weighted by atomic mass is 32.2. The summed E-state index contributed by atoms with van der Waals surface area (Å²) in [5.41, 5.74) is -1.92. The number of alkyl halides is 3. The summed E-state index contributed by atoms with van der Waals surface area (Å²) in [6.07, 6.45) is -4.55. The van der Waals surface area contributed by atoms with Crippen LogP contribution in [0, 0.1) is 0 Å². The standard InChI is InChI=1S/C17H12F3NO5S2/c1-21(28(24)10-5-3-4-9(6-10)17(18,19)20)14-8-12-13(27-14)7-11(15(22)25-2)16(23)26-12/h3-8H,1-2H3. The number of halogens is 3. The van der Waals surface area contributed by atoms with Crippen LogP contribution in [0.25, 0.3) is 10.3 Å². The molecule has 0 radical (unpaired) electrons. The van der Waals surface area contributed by atoms with E-state index in [1.807, 2.05) is 0 Å². The maximum absolute atomic E-state index is 12.9. The van der Waals surface area contributed by atoms with Gasteiger partial charge in [-0.25, -0.2) is 9.59 Å². The zero-order chi connectivity index (χ0) is 20.6. The number of rotatable bonds is 4. The first-order valence-electron chi connectivity index (χ1n) is 7.60. The topological polar surface area (TPSA) is 82.8 Å². The Bertz CT molecular complexity index is 1090. The lowest BCUT2D eigenvalue weighted by molar-refractivity contribution is -0.137. The molecular formula is C17H12F3NO5S2. The van der Waals surface area contributed by atoms with Crippen LogP contribution in [0.4, 0.5) is 18.2 Å². The van der Waals surface area contributed by atoms with E-state index in [2.05, 4.69) is 4.74 Å². The van der Waals surface area contributed by atoms with Crippen molar-refractivity contribution in [2.24, 2.45) is 0 Å². The second-order valence-corrected chi connectivity index (χ2v) is 8.10. The first kappa shape index (κ1) is 20.2. The number of hydrogen-bond donors (Lipinski definition) is 0. The second-order valence-electron chi connectivity index (χ2n) is 5.52. The largest absolute Gasteiger partial charge is 0.588 e. The van der Waals surface area contributed by atoms with E-state index in [0.29, 0.717) is 9.70 Å². The van der Waals surface area contributed by atoms with Crippen LogP contribution in [0.15, 0.2) is 50.5 Å². The van der Waals surface area contributed by atoms with Crippen molar-refractivity contribution in [3.63, 3.8) is 0 Å². The van der Waals surface area contributed by atoms with Crippen LogP contribution < -0.4 is 9.93 Å². The van der Waals surface area contributed by atoms with Crippen LogP contribution in [-0.2, 0) is 22.3 Å². The third-order valence-corrected chi connectivity index (χ3v) is 6.34. The first-order chi connectivity index (χ1) is 13.1.